The predicted octanol–water partition coefficient (Wildman–Crippen LogP) is 4.30. The first-order chi connectivity index (χ1) is 15.1. The van der Waals surface area contributed by atoms with Crippen molar-refractivity contribution in [3.63, 3.8) is 0 Å². The Balaban J connectivity index is 1.40. The average molecular weight is 420 g/mol. The van der Waals surface area contributed by atoms with Crippen molar-refractivity contribution < 1.29 is 14.3 Å². The normalized spacial score (nSPS) is 20.9. The summed E-state index contributed by atoms with van der Waals surface area (Å²) in [5.41, 5.74) is 3.40. The van der Waals surface area contributed by atoms with E-state index in [9.17, 15) is 4.79 Å². The zero-order valence-electron chi connectivity index (χ0n) is 18.0. The minimum absolute atomic E-state index is 0.0414. The first kappa shape index (κ1) is 20.2. The average Bonchev–Trinajstić information content (AvgIpc) is 3.45. The van der Waals surface area contributed by atoms with E-state index in [1.165, 1.54) is 5.56 Å². The third kappa shape index (κ3) is 3.98. The van der Waals surface area contributed by atoms with Crippen molar-refractivity contribution in [2.24, 2.45) is 0 Å². The molecule has 2 aromatic carbocycles. The molecule has 5 rings (SSSR count). The van der Waals surface area contributed by atoms with Crippen LogP contribution in [0.2, 0.25) is 0 Å². The number of benzene rings is 2. The number of nitrogens with one attached hydrogen (secondary N) is 1. The monoisotopic (exact) mass is 419 g/mol. The Bertz CT molecular complexity index is 1060. The Labute approximate surface area is 182 Å². The van der Waals surface area contributed by atoms with Crippen LogP contribution in [0.5, 0.6) is 0 Å². The Morgan fingerprint density at radius 2 is 2.03 bits per heavy atom. The lowest BCUT2D eigenvalue weighted by atomic mass is 9.91. The largest absolute Gasteiger partial charge is 0.381 e. The number of carbonyl (C=O) groups excluding carboxylic acids is 1. The number of amides is 1. The lowest BCUT2D eigenvalue weighted by molar-refractivity contribution is -0.175. The Kier molecular flexibility index (Phi) is 5.50. The van der Waals surface area contributed by atoms with Gasteiger partial charge in [0.25, 0.3) is 5.91 Å². The summed E-state index contributed by atoms with van der Waals surface area (Å²) >= 11 is 0. The molecule has 0 spiro atoms. The van der Waals surface area contributed by atoms with Gasteiger partial charge in [0.15, 0.2) is 5.60 Å². The third-order valence-electron chi connectivity index (χ3n) is 6.53. The summed E-state index contributed by atoms with van der Waals surface area (Å²) in [4.78, 5) is 24.2. The zero-order valence-corrected chi connectivity index (χ0v) is 18.0. The first-order valence-electron chi connectivity index (χ1n) is 11.2. The van der Waals surface area contributed by atoms with Crippen LogP contribution in [-0.2, 0) is 20.9 Å². The molecule has 1 amide bonds. The van der Waals surface area contributed by atoms with E-state index in [-0.39, 0.29) is 11.9 Å². The van der Waals surface area contributed by atoms with Crippen LogP contribution in [-0.4, -0.2) is 46.1 Å². The maximum absolute atomic E-state index is 13.9. The fraction of sp³-hybridized carbons (Fsp3) is 0.440. The summed E-state index contributed by atoms with van der Waals surface area (Å²) in [6.45, 7) is 4.32. The number of carbonyl (C=O) groups is 1. The molecule has 2 aliphatic heterocycles. The molecule has 0 aliphatic carbocycles. The second-order valence-corrected chi connectivity index (χ2v) is 8.68. The molecule has 1 aromatic heterocycles. The second-order valence-electron chi connectivity index (χ2n) is 8.68. The van der Waals surface area contributed by atoms with E-state index in [1.807, 2.05) is 41.3 Å². The molecule has 6 heteroatoms. The highest BCUT2D eigenvalue weighted by Crippen LogP contribution is 2.37. The standard InChI is InChI=1S/C25H29N3O3/c1-18-9-10-20-21(16-18)27-23(26-20)22-8-5-13-28(22)24(29)25(11-14-30-15-12-25)31-17-19-6-3-2-4-7-19/h2-4,6-7,9-10,16,22H,5,8,11-15,17H2,1H3,(H,26,27). The molecule has 0 saturated carbocycles. The third-order valence-corrected chi connectivity index (χ3v) is 6.53. The van der Waals surface area contributed by atoms with Gasteiger partial charge in [-0.15, -0.1) is 0 Å². The van der Waals surface area contributed by atoms with Gasteiger partial charge in [-0.05, 0) is 43.0 Å². The molecule has 2 aliphatic rings. The van der Waals surface area contributed by atoms with Gasteiger partial charge in [0.05, 0.1) is 23.7 Å². The molecule has 2 fully saturated rings. The van der Waals surface area contributed by atoms with Crippen LogP contribution in [0, 0.1) is 6.92 Å². The molecular formula is C25H29N3O3. The molecule has 1 unspecified atom stereocenters. The van der Waals surface area contributed by atoms with Crippen molar-refractivity contribution in [2.75, 3.05) is 19.8 Å². The lowest BCUT2D eigenvalue weighted by Crippen LogP contribution is -2.53. The van der Waals surface area contributed by atoms with Gasteiger partial charge in [0.1, 0.15) is 5.82 Å². The lowest BCUT2D eigenvalue weighted by Gasteiger charge is -2.39. The summed E-state index contributed by atoms with van der Waals surface area (Å²) in [7, 11) is 0. The molecule has 3 aromatic rings. The van der Waals surface area contributed by atoms with E-state index in [0.717, 1.165) is 41.8 Å². The molecule has 0 radical (unpaired) electrons. The van der Waals surface area contributed by atoms with Crippen LogP contribution in [0.3, 0.4) is 0 Å². The first-order valence-corrected chi connectivity index (χ1v) is 11.2. The van der Waals surface area contributed by atoms with Crippen molar-refractivity contribution in [2.45, 2.75) is 50.9 Å². The Hall–Kier alpha value is -2.70. The van der Waals surface area contributed by atoms with Gasteiger partial charge in [-0.2, -0.15) is 0 Å². The fourth-order valence-corrected chi connectivity index (χ4v) is 4.77. The van der Waals surface area contributed by atoms with Crippen molar-refractivity contribution in [3.05, 3.63) is 65.5 Å². The number of likely N-dealkylation sites (tertiary alicyclic amines) is 1. The van der Waals surface area contributed by atoms with E-state index in [1.54, 1.807) is 0 Å². The van der Waals surface area contributed by atoms with E-state index in [2.05, 4.69) is 24.0 Å². The van der Waals surface area contributed by atoms with Crippen LogP contribution in [0.15, 0.2) is 48.5 Å². The molecule has 1 atom stereocenters. The van der Waals surface area contributed by atoms with E-state index in [0.29, 0.717) is 32.7 Å². The fourth-order valence-electron chi connectivity index (χ4n) is 4.77. The highest BCUT2D eigenvalue weighted by atomic mass is 16.5. The quantitative estimate of drug-likeness (QED) is 0.670. The molecule has 3 heterocycles. The van der Waals surface area contributed by atoms with Gasteiger partial charge in [-0.25, -0.2) is 4.98 Å². The van der Waals surface area contributed by atoms with Crippen molar-refractivity contribution in [1.29, 1.82) is 0 Å². The summed E-state index contributed by atoms with van der Waals surface area (Å²) in [6.07, 6.45) is 3.05. The van der Waals surface area contributed by atoms with Crippen LogP contribution >= 0.6 is 0 Å². The van der Waals surface area contributed by atoms with Gasteiger partial charge >= 0.3 is 0 Å². The smallest absolute Gasteiger partial charge is 0.255 e. The number of ether oxygens (including phenoxy) is 2. The molecule has 1 N–H and O–H groups in total. The highest BCUT2D eigenvalue weighted by molar-refractivity contribution is 5.86. The molecular weight excluding hydrogens is 390 g/mol. The number of hydrogen-bond donors (Lipinski definition) is 1. The molecule has 31 heavy (non-hydrogen) atoms. The summed E-state index contributed by atoms with van der Waals surface area (Å²) in [5.74, 6) is 0.947. The maximum atomic E-state index is 13.9. The van der Waals surface area contributed by atoms with E-state index >= 15 is 0 Å². The Morgan fingerprint density at radius 1 is 1.23 bits per heavy atom. The van der Waals surface area contributed by atoms with Crippen LogP contribution in [0.25, 0.3) is 11.0 Å². The summed E-state index contributed by atoms with van der Waals surface area (Å²) in [6, 6.07) is 16.2. The van der Waals surface area contributed by atoms with Gasteiger partial charge in [0.2, 0.25) is 0 Å². The minimum atomic E-state index is -0.834. The maximum Gasteiger partial charge on any atom is 0.255 e. The summed E-state index contributed by atoms with van der Waals surface area (Å²) < 4.78 is 12.0. The van der Waals surface area contributed by atoms with Crippen molar-refractivity contribution in [3.8, 4) is 0 Å². The van der Waals surface area contributed by atoms with Crippen molar-refractivity contribution in [1.82, 2.24) is 14.9 Å². The Morgan fingerprint density at radius 3 is 2.84 bits per heavy atom. The van der Waals surface area contributed by atoms with Crippen LogP contribution < -0.4 is 0 Å². The number of nitrogens with zero attached hydrogens (tertiary/aromatic N) is 2. The summed E-state index contributed by atoms with van der Waals surface area (Å²) in [5, 5.41) is 0. The second kappa shape index (κ2) is 8.44. The molecule has 0 bridgehead atoms. The number of H-pyrrole nitrogens is 1. The van der Waals surface area contributed by atoms with Gasteiger partial charge in [-0.3, -0.25) is 4.79 Å². The van der Waals surface area contributed by atoms with Gasteiger partial charge < -0.3 is 19.4 Å². The van der Waals surface area contributed by atoms with Crippen molar-refractivity contribution >= 4 is 16.9 Å². The minimum Gasteiger partial charge on any atom is -0.381 e. The van der Waals surface area contributed by atoms with Crippen LogP contribution in [0.1, 0.15) is 48.7 Å². The number of imidazole rings is 1. The SMILES string of the molecule is Cc1ccc2nc(C3CCCN3C(=O)C3(OCc4ccccc4)CCOCC3)[nH]c2c1. The highest BCUT2D eigenvalue weighted by Gasteiger charge is 2.47. The number of aromatic amines is 1. The van der Waals surface area contributed by atoms with E-state index in [4.69, 9.17) is 14.5 Å². The number of fused-ring (bicyclic) bond motifs is 1. The number of hydrogen-bond acceptors (Lipinski definition) is 4. The number of aromatic nitrogens is 2. The predicted molar refractivity (Wildman–Crippen MR) is 119 cm³/mol. The molecule has 2 saturated heterocycles. The van der Waals surface area contributed by atoms with Crippen LogP contribution in [0.4, 0.5) is 0 Å². The zero-order chi connectivity index (χ0) is 21.3. The van der Waals surface area contributed by atoms with Gasteiger partial charge in [-0.1, -0.05) is 36.4 Å². The molecule has 162 valence electrons. The van der Waals surface area contributed by atoms with E-state index < -0.39 is 5.60 Å². The number of aryl methyl sites for hydroxylation is 1. The number of rotatable bonds is 5. The molecule has 6 nitrogen and oxygen atoms in total. The van der Waals surface area contributed by atoms with Gasteiger partial charge in [0, 0.05) is 32.6 Å². The topological polar surface area (TPSA) is 67.5 Å².